The molecule has 0 radical (unpaired) electrons. The monoisotopic (exact) mass is 185 g/mol. The lowest BCUT2D eigenvalue weighted by molar-refractivity contribution is -0.144. The van der Waals surface area contributed by atoms with Crippen LogP contribution in [0.25, 0.3) is 0 Å². The van der Waals surface area contributed by atoms with E-state index in [1.54, 1.807) is 6.92 Å². The number of carboxylic acids is 1. The van der Waals surface area contributed by atoms with Crippen molar-refractivity contribution in [3.63, 3.8) is 0 Å². The highest BCUT2D eigenvalue weighted by atomic mass is 16.4. The lowest BCUT2D eigenvalue weighted by atomic mass is 9.79. The summed E-state index contributed by atoms with van der Waals surface area (Å²) >= 11 is 0. The zero-order valence-corrected chi connectivity index (χ0v) is 7.75. The second-order valence-electron chi connectivity index (χ2n) is 3.43. The lowest BCUT2D eigenvalue weighted by Gasteiger charge is -2.31. The standard InChI is InChI=1S/C9H15NO3/c1-2-7(11)10-8(9(12)13)6-4-3-5-6/h6,8H,2-5H2,1H3,(H,10,11)(H,12,13)/t8-/m0/s1. The van der Waals surface area contributed by atoms with Gasteiger partial charge in [0.15, 0.2) is 0 Å². The molecule has 13 heavy (non-hydrogen) atoms. The molecule has 1 rings (SSSR count). The van der Waals surface area contributed by atoms with Gasteiger partial charge in [-0.2, -0.15) is 0 Å². The maximum Gasteiger partial charge on any atom is 0.326 e. The Bertz CT molecular complexity index is 211. The fourth-order valence-electron chi connectivity index (χ4n) is 1.43. The molecule has 1 aliphatic rings. The summed E-state index contributed by atoms with van der Waals surface area (Å²) in [5.74, 6) is -0.946. The Morgan fingerprint density at radius 2 is 2.15 bits per heavy atom. The van der Waals surface area contributed by atoms with Crippen molar-refractivity contribution in [2.45, 2.75) is 38.6 Å². The van der Waals surface area contributed by atoms with Crippen LogP contribution in [-0.2, 0) is 9.59 Å². The third-order valence-electron chi connectivity index (χ3n) is 2.52. The van der Waals surface area contributed by atoms with Crippen LogP contribution in [0.15, 0.2) is 0 Å². The molecule has 0 unspecified atom stereocenters. The van der Waals surface area contributed by atoms with Crippen LogP contribution in [0.1, 0.15) is 32.6 Å². The number of hydrogen-bond donors (Lipinski definition) is 2. The average molecular weight is 185 g/mol. The topological polar surface area (TPSA) is 66.4 Å². The van der Waals surface area contributed by atoms with E-state index in [-0.39, 0.29) is 11.8 Å². The van der Waals surface area contributed by atoms with Gasteiger partial charge in [0.25, 0.3) is 0 Å². The summed E-state index contributed by atoms with van der Waals surface area (Å²) in [5.41, 5.74) is 0. The molecule has 0 aromatic heterocycles. The molecule has 4 heteroatoms. The molecule has 1 fully saturated rings. The van der Waals surface area contributed by atoms with Gasteiger partial charge in [0.1, 0.15) is 6.04 Å². The normalized spacial score (nSPS) is 18.8. The molecule has 0 aromatic rings. The molecule has 2 N–H and O–H groups in total. The highest BCUT2D eigenvalue weighted by molar-refractivity contribution is 5.83. The number of carbonyl (C=O) groups is 2. The van der Waals surface area contributed by atoms with Crippen LogP contribution in [0.5, 0.6) is 0 Å². The van der Waals surface area contributed by atoms with Crippen LogP contribution in [0, 0.1) is 5.92 Å². The minimum absolute atomic E-state index is 0.146. The minimum Gasteiger partial charge on any atom is -0.480 e. The molecule has 0 heterocycles. The quantitative estimate of drug-likeness (QED) is 0.679. The summed E-state index contributed by atoms with van der Waals surface area (Å²) in [6, 6.07) is -0.666. The van der Waals surface area contributed by atoms with Crippen molar-refractivity contribution in [2.24, 2.45) is 5.92 Å². The number of carboxylic acid groups (broad SMARTS) is 1. The van der Waals surface area contributed by atoms with Crippen molar-refractivity contribution in [3.05, 3.63) is 0 Å². The van der Waals surface area contributed by atoms with E-state index in [2.05, 4.69) is 5.32 Å². The van der Waals surface area contributed by atoms with E-state index in [1.807, 2.05) is 0 Å². The van der Waals surface area contributed by atoms with E-state index >= 15 is 0 Å². The Hall–Kier alpha value is -1.06. The van der Waals surface area contributed by atoms with E-state index in [0.29, 0.717) is 6.42 Å². The zero-order chi connectivity index (χ0) is 9.84. The summed E-state index contributed by atoms with van der Waals surface area (Å²) < 4.78 is 0. The molecular formula is C9H15NO3. The predicted molar refractivity (Wildman–Crippen MR) is 47.2 cm³/mol. The molecule has 1 aliphatic carbocycles. The fourth-order valence-corrected chi connectivity index (χ4v) is 1.43. The molecule has 0 bridgehead atoms. The van der Waals surface area contributed by atoms with Crippen molar-refractivity contribution in [2.75, 3.05) is 0 Å². The minimum atomic E-state index is -0.911. The predicted octanol–water partition coefficient (Wildman–Crippen LogP) is 0.766. The van der Waals surface area contributed by atoms with Crippen molar-refractivity contribution in [1.29, 1.82) is 0 Å². The van der Waals surface area contributed by atoms with Gasteiger partial charge in [0, 0.05) is 6.42 Å². The molecule has 0 aliphatic heterocycles. The van der Waals surface area contributed by atoms with E-state index in [0.717, 1.165) is 19.3 Å². The van der Waals surface area contributed by atoms with Gasteiger partial charge in [0.05, 0.1) is 0 Å². The largest absolute Gasteiger partial charge is 0.480 e. The lowest BCUT2D eigenvalue weighted by Crippen LogP contribution is -2.47. The summed E-state index contributed by atoms with van der Waals surface area (Å²) in [4.78, 5) is 21.8. The molecule has 0 spiro atoms. The summed E-state index contributed by atoms with van der Waals surface area (Å²) in [7, 11) is 0. The van der Waals surface area contributed by atoms with Gasteiger partial charge in [0.2, 0.25) is 5.91 Å². The molecular weight excluding hydrogens is 170 g/mol. The molecule has 0 saturated heterocycles. The van der Waals surface area contributed by atoms with E-state index in [9.17, 15) is 9.59 Å². The molecule has 74 valence electrons. The zero-order valence-electron chi connectivity index (χ0n) is 7.75. The summed E-state index contributed by atoms with van der Waals surface area (Å²) in [6.07, 6.45) is 3.26. The average Bonchev–Trinajstić information content (AvgIpc) is 1.99. The van der Waals surface area contributed by atoms with Crippen molar-refractivity contribution in [1.82, 2.24) is 5.32 Å². The van der Waals surface area contributed by atoms with Crippen LogP contribution >= 0.6 is 0 Å². The van der Waals surface area contributed by atoms with E-state index in [4.69, 9.17) is 5.11 Å². The highest BCUT2D eigenvalue weighted by Gasteiger charge is 2.33. The Morgan fingerprint density at radius 1 is 1.54 bits per heavy atom. The smallest absolute Gasteiger partial charge is 0.326 e. The van der Waals surface area contributed by atoms with Crippen molar-refractivity contribution < 1.29 is 14.7 Å². The molecule has 1 amide bonds. The Labute approximate surface area is 77.3 Å². The van der Waals surface area contributed by atoms with Gasteiger partial charge in [-0.15, -0.1) is 0 Å². The second kappa shape index (κ2) is 4.25. The highest BCUT2D eigenvalue weighted by Crippen LogP contribution is 2.29. The van der Waals surface area contributed by atoms with E-state index in [1.165, 1.54) is 0 Å². The number of aliphatic carboxylic acids is 1. The van der Waals surface area contributed by atoms with Crippen molar-refractivity contribution in [3.8, 4) is 0 Å². The first-order chi connectivity index (χ1) is 6.15. The SMILES string of the molecule is CCC(=O)N[C@H](C(=O)O)C1CCC1. The van der Waals surface area contributed by atoms with Gasteiger partial charge < -0.3 is 10.4 Å². The number of nitrogens with one attached hydrogen (secondary N) is 1. The Kier molecular flexibility index (Phi) is 3.28. The fraction of sp³-hybridized carbons (Fsp3) is 0.778. The number of amides is 1. The molecule has 4 nitrogen and oxygen atoms in total. The third-order valence-corrected chi connectivity index (χ3v) is 2.52. The first-order valence-electron chi connectivity index (χ1n) is 4.67. The maximum atomic E-state index is 11.0. The van der Waals surface area contributed by atoms with Crippen LogP contribution < -0.4 is 5.32 Å². The first-order valence-corrected chi connectivity index (χ1v) is 4.67. The Balaban J connectivity index is 2.46. The number of carbonyl (C=O) groups excluding carboxylic acids is 1. The van der Waals surface area contributed by atoms with Crippen LogP contribution in [0.2, 0.25) is 0 Å². The molecule has 1 atom stereocenters. The van der Waals surface area contributed by atoms with Crippen LogP contribution in [0.3, 0.4) is 0 Å². The van der Waals surface area contributed by atoms with Gasteiger partial charge in [-0.25, -0.2) is 4.79 Å². The van der Waals surface area contributed by atoms with Gasteiger partial charge in [-0.3, -0.25) is 4.79 Å². The second-order valence-corrected chi connectivity index (χ2v) is 3.43. The van der Waals surface area contributed by atoms with Crippen molar-refractivity contribution >= 4 is 11.9 Å². The Morgan fingerprint density at radius 3 is 2.46 bits per heavy atom. The molecule has 0 aromatic carbocycles. The number of hydrogen-bond acceptors (Lipinski definition) is 2. The van der Waals surface area contributed by atoms with Crippen LogP contribution in [-0.4, -0.2) is 23.0 Å². The summed E-state index contributed by atoms with van der Waals surface area (Å²) in [6.45, 7) is 1.72. The van der Waals surface area contributed by atoms with E-state index < -0.39 is 12.0 Å². The van der Waals surface area contributed by atoms with Crippen LogP contribution in [0.4, 0.5) is 0 Å². The maximum absolute atomic E-state index is 11.0. The molecule has 1 saturated carbocycles. The van der Waals surface area contributed by atoms with Gasteiger partial charge in [-0.1, -0.05) is 13.3 Å². The van der Waals surface area contributed by atoms with Gasteiger partial charge >= 0.3 is 5.97 Å². The summed E-state index contributed by atoms with van der Waals surface area (Å²) in [5, 5.41) is 11.4. The van der Waals surface area contributed by atoms with Gasteiger partial charge in [-0.05, 0) is 18.8 Å². The third kappa shape index (κ3) is 2.44. The first kappa shape index (κ1) is 10.0. The number of rotatable bonds is 4.